The Labute approximate surface area is 174 Å². The minimum atomic E-state index is -0.398. The summed E-state index contributed by atoms with van der Waals surface area (Å²) in [5.74, 6) is 0.0506. The monoisotopic (exact) mass is 408 g/mol. The van der Waals surface area contributed by atoms with E-state index in [1.165, 1.54) is 23.8 Å². The second-order valence-corrected chi connectivity index (χ2v) is 8.08. The average molecular weight is 409 g/mol. The molecule has 0 unspecified atom stereocenters. The van der Waals surface area contributed by atoms with Gasteiger partial charge in [0.25, 0.3) is 0 Å². The lowest BCUT2D eigenvalue weighted by molar-refractivity contribution is -0.120. The van der Waals surface area contributed by atoms with Crippen molar-refractivity contribution in [1.82, 2.24) is 15.5 Å². The van der Waals surface area contributed by atoms with Gasteiger partial charge in [0.1, 0.15) is 5.01 Å². The Morgan fingerprint density at radius 3 is 2.28 bits per heavy atom. The maximum absolute atomic E-state index is 12.5. The van der Waals surface area contributed by atoms with Crippen molar-refractivity contribution in [1.29, 1.82) is 0 Å². The van der Waals surface area contributed by atoms with Gasteiger partial charge in [-0.05, 0) is 17.0 Å². The second kappa shape index (κ2) is 9.43. The van der Waals surface area contributed by atoms with E-state index in [4.69, 9.17) is 0 Å². The molecule has 0 aliphatic carbocycles. The molecule has 2 aromatic carbocycles. The van der Waals surface area contributed by atoms with Crippen LogP contribution < -0.4 is 10.6 Å². The first-order valence-electron chi connectivity index (χ1n) is 9.48. The predicted octanol–water partition coefficient (Wildman–Crippen LogP) is 4.53. The van der Waals surface area contributed by atoms with Crippen LogP contribution in [0.4, 0.5) is 5.13 Å². The van der Waals surface area contributed by atoms with Crippen molar-refractivity contribution >= 4 is 28.3 Å². The topological polar surface area (TPSA) is 84.0 Å². The lowest BCUT2D eigenvalue weighted by Gasteiger charge is -2.17. The predicted molar refractivity (Wildman–Crippen MR) is 116 cm³/mol. The first-order valence-corrected chi connectivity index (χ1v) is 10.3. The molecule has 1 aromatic heterocycles. The van der Waals surface area contributed by atoms with Crippen LogP contribution in [0.1, 0.15) is 50.3 Å². The van der Waals surface area contributed by atoms with E-state index in [1.54, 1.807) is 0 Å². The van der Waals surface area contributed by atoms with Gasteiger partial charge in [-0.15, -0.1) is 10.2 Å². The maximum atomic E-state index is 12.5. The Bertz CT molecular complexity index is 968. The third-order valence-corrected chi connectivity index (χ3v) is 5.35. The van der Waals surface area contributed by atoms with Crippen molar-refractivity contribution in [2.45, 2.75) is 39.2 Å². The molecule has 0 fully saturated rings. The summed E-state index contributed by atoms with van der Waals surface area (Å²) in [6, 6.07) is 17.2. The van der Waals surface area contributed by atoms with Gasteiger partial charge in [-0.3, -0.25) is 9.59 Å². The highest BCUT2D eigenvalue weighted by molar-refractivity contribution is 7.18. The number of carbonyl (C=O) groups excluding carboxylic acids is 2. The molecule has 1 heterocycles. The SMILES string of the molecule is CC(=O)N[C@@H](CC(=O)Nc1nnc(-c2ccc(C(C)C)cc2)s1)c1ccccc1. The molecule has 2 N–H and O–H groups in total. The Morgan fingerprint density at radius 2 is 1.66 bits per heavy atom. The molecule has 0 saturated carbocycles. The fourth-order valence-corrected chi connectivity index (χ4v) is 3.70. The van der Waals surface area contributed by atoms with Gasteiger partial charge < -0.3 is 10.6 Å². The van der Waals surface area contributed by atoms with Gasteiger partial charge in [0.15, 0.2) is 0 Å². The minimum Gasteiger partial charge on any atom is -0.349 e. The van der Waals surface area contributed by atoms with Crippen molar-refractivity contribution in [3.63, 3.8) is 0 Å². The molecule has 1 atom stereocenters. The van der Waals surface area contributed by atoms with Crippen LogP contribution in [0, 0.1) is 0 Å². The van der Waals surface area contributed by atoms with Crippen LogP contribution in [0.15, 0.2) is 54.6 Å². The van der Waals surface area contributed by atoms with Crippen molar-refractivity contribution in [3.05, 3.63) is 65.7 Å². The lowest BCUT2D eigenvalue weighted by Crippen LogP contribution is -2.29. The number of hydrogen-bond acceptors (Lipinski definition) is 5. The Kier molecular flexibility index (Phi) is 6.72. The number of benzene rings is 2. The van der Waals surface area contributed by atoms with E-state index in [1.807, 2.05) is 42.5 Å². The summed E-state index contributed by atoms with van der Waals surface area (Å²) in [7, 11) is 0. The molecular weight excluding hydrogens is 384 g/mol. The zero-order valence-electron chi connectivity index (χ0n) is 16.7. The third kappa shape index (κ3) is 5.71. The van der Waals surface area contributed by atoms with E-state index >= 15 is 0 Å². The molecule has 7 heteroatoms. The standard InChI is InChI=1S/C22H24N4O2S/c1-14(2)16-9-11-18(12-10-16)21-25-26-22(29-21)24-20(28)13-19(23-15(3)27)17-7-5-4-6-8-17/h4-12,14,19H,13H2,1-3H3,(H,23,27)(H,24,26,28)/t19-/m0/s1. The van der Waals surface area contributed by atoms with Gasteiger partial charge in [-0.1, -0.05) is 79.8 Å². The summed E-state index contributed by atoms with van der Waals surface area (Å²) in [5, 5.41) is 15.1. The van der Waals surface area contributed by atoms with E-state index in [-0.39, 0.29) is 18.2 Å². The number of carbonyl (C=O) groups is 2. The molecule has 3 rings (SSSR count). The summed E-state index contributed by atoms with van der Waals surface area (Å²) in [6.45, 7) is 5.74. The van der Waals surface area contributed by atoms with Crippen LogP contribution in [0.3, 0.4) is 0 Å². The molecular formula is C22H24N4O2S. The number of amides is 2. The third-order valence-electron chi connectivity index (χ3n) is 4.46. The largest absolute Gasteiger partial charge is 0.349 e. The lowest BCUT2D eigenvalue weighted by atomic mass is 10.0. The summed E-state index contributed by atoms with van der Waals surface area (Å²) < 4.78 is 0. The molecule has 3 aromatic rings. The summed E-state index contributed by atoms with van der Waals surface area (Å²) in [6.07, 6.45) is 0.113. The van der Waals surface area contributed by atoms with Gasteiger partial charge in [-0.25, -0.2) is 0 Å². The molecule has 0 spiro atoms. The highest BCUT2D eigenvalue weighted by atomic mass is 32.1. The number of aromatic nitrogens is 2. The molecule has 0 saturated heterocycles. The average Bonchev–Trinajstić information content (AvgIpc) is 3.16. The van der Waals surface area contributed by atoms with Crippen molar-refractivity contribution < 1.29 is 9.59 Å². The summed E-state index contributed by atoms with van der Waals surface area (Å²) >= 11 is 1.32. The van der Waals surface area contributed by atoms with Crippen molar-refractivity contribution in [2.75, 3.05) is 5.32 Å². The fourth-order valence-electron chi connectivity index (χ4n) is 2.94. The van der Waals surface area contributed by atoms with E-state index < -0.39 is 6.04 Å². The van der Waals surface area contributed by atoms with E-state index in [0.717, 1.165) is 16.1 Å². The zero-order valence-corrected chi connectivity index (χ0v) is 17.5. The van der Waals surface area contributed by atoms with Crippen LogP contribution in [-0.4, -0.2) is 22.0 Å². The zero-order chi connectivity index (χ0) is 20.8. The van der Waals surface area contributed by atoms with E-state index in [9.17, 15) is 9.59 Å². The van der Waals surface area contributed by atoms with Gasteiger partial charge in [0.05, 0.1) is 12.5 Å². The highest BCUT2D eigenvalue weighted by Crippen LogP contribution is 2.28. The number of hydrogen-bond donors (Lipinski definition) is 2. The molecule has 0 aliphatic rings. The van der Waals surface area contributed by atoms with Crippen LogP contribution in [-0.2, 0) is 9.59 Å². The van der Waals surface area contributed by atoms with Crippen molar-refractivity contribution in [2.24, 2.45) is 0 Å². The van der Waals surface area contributed by atoms with Gasteiger partial charge in [0, 0.05) is 12.5 Å². The number of rotatable bonds is 7. The van der Waals surface area contributed by atoms with E-state index in [2.05, 4.69) is 46.8 Å². The molecule has 6 nitrogen and oxygen atoms in total. The minimum absolute atomic E-state index is 0.113. The quantitative estimate of drug-likeness (QED) is 0.601. The Morgan fingerprint density at radius 1 is 0.966 bits per heavy atom. The number of nitrogens with one attached hydrogen (secondary N) is 2. The van der Waals surface area contributed by atoms with E-state index in [0.29, 0.717) is 11.0 Å². The fraction of sp³-hybridized carbons (Fsp3) is 0.273. The van der Waals surface area contributed by atoms with Gasteiger partial charge in [0.2, 0.25) is 16.9 Å². The molecule has 29 heavy (non-hydrogen) atoms. The van der Waals surface area contributed by atoms with Crippen molar-refractivity contribution in [3.8, 4) is 10.6 Å². The van der Waals surface area contributed by atoms with Crippen LogP contribution >= 0.6 is 11.3 Å². The highest BCUT2D eigenvalue weighted by Gasteiger charge is 2.18. The number of nitrogens with zero attached hydrogens (tertiary/aromatic N) is 2. The van der Waals surface area contributed by atoms with Gasteiger partial charge in [-0.2, -0.15) is 0 Å². The van der Waals surface area contributed by atoms with Crippen LogP contribution in [0.25, 0.3) is 10.6 Å². The Hall–Kier alpha value is -3.06. The first-order chi connectivity index (χ1) is 13.9. The van der Waals surface area contributed by atoms with Crippen LogP contribution in [0.5, 0.6) is 0 Å². The molecule has 2 amide bonds. The normalized spacial score (nSPS) is 11.9. The Balaban J connectivity index is 1.66. The number of anilines is 1. The van der Waals surface area contributed by atoms with Gasteiger partial charge >= 0.3 is 0 Å². The smallest absolute Gasteiger partial charge is 0.228 e. The first kappa shape index (κ1) is 20.7. The summed E-state index contributed by atoms with van der Waals surface area (Å²) in [4.78, 5) is 24.0. The molecule has 0 aliphatic heterocycles. The second-order valence-electron chi connectivity index (χ2n) is 7.11. The maximum Gasteiger partial charge on any atom is 0.228 e. The molecule has 150 valence electrons. The van der Waals surface area contributed by atoms with Crippen LogP contribution in [0.2, 0.25) is 0 Å². The molecule has 0 bridgehead atoms. The summed E-state index contributed by atoms with van der Waals surface area (Å²) in [5.41, 5.74) is 3.10. The molecule has 0 radical (unpaired) electrons.